The first-order valence-corrected chi connectivity index (χ1v) is 10.9. The molecule has 1 fully saturated rings. The average Bonchev–Trinajstić information content (AvgIpc) is 2.79. The molecule has 0 bridgehead atoms. The van der Waals surface area contributed by atoms with E-state index < -0.39 is 0 Å². The van der Waals surface area contributed by atoms with Gasteiger partial charge in [-0.2, -0.15) is 0 Å². The van der Waals surface area contributed by atoms with Crippen LogP contribution in [0.25, 0.3) is 16.6 Å². The quantitative estimate of drug-likeness (QED) is 0.418. The van der Waals surface area contributed by atoms with Crippen molar-refractivity contribution in [2.75, 3.05) is 18.4 Å². The van der Waals surface area contributed by atoms with Crippen LogP contribution in [0.3, 0.4) is 0 Å². The number of nitrogens with zero attached hydrogens (tertiary/aromatic N) is 3. The molecule has 5 rings (SSSR count). The molecule has 2 heterocycles. The van der Waals surface area contributed by atoms with Crippen molar-refractivity contribution in [3.05, 3.63) is 93.7 Å². The van der Waals surface area contributed by atoms with Crippen LogP contribution in [0.4, 0.5) is 11.6 Å². The number of anilines is 2. The maximum Gasteiger partial charge on any atom is 0.290 e. The van der Waals surface area contributed by atoms with Gasteiger partial charge in [-0.05, 0) is 67.5 Å². The minimum absolute atomic E-state index is 0.159. The molecule has 1 saturated heterocycles. The highest BCUT2D eigenvalue weighted by Crippen LogP contribution is 2.23. The van der Waals surface area contributed by atoms with Crippen molar-refractivity contribution in [1.82, 2.24) is 14.5 Å². The van der Waals surface area contributed by atoms with Crippen LogP contribution in [0.1, 0.15) is 12.0 Å². The second kappa shape index (κ2) is 10.3. The molecular formula is C25H23ClN4O3. The molecule has 0 amide bonds. The van der Waals surface area contributed by atoms with Crippen molar-refractivity contribution < 1.29 is 9.90 Å². The number of fused-ring (bicyclic) bond motifs is 1. The molecule has 4 aromatic rings. The molecule has 0 aliphatic carbocycles. The van der Waals surface area contributed by atoms with Crippen LogP contribution in [-0.4, -0.2) is 39.1 Å². The molecule has 3 aromatic carbocycles. The lowest BCUT2D eigenvalue weighted by atomic mass is 10.1. The van der Waals surface area contributed by atoms with Crippen molar-refractivity contribution in [2.24, 2.45) is 0 Å². The van der Waals surface area contributed by atoms with Crippen molar-refractivity contribution in [3.8, 4) is 5.69 Å². The fourth-order valence-electron chi connectivity index (χ4n) is 3.73. The summed E-state index contributed by atoms with van der Waals surface area (Å²) in [6.45, 7) is 2.99. The van der Waals surface area contributed by atoms with Gasteiger partial charge in [0.25, 0.3) is 12.0 Å². The maximum atomic E-state index is 13.4. The Morgan fingerprint density at radius 2 is 1.79 bits per heavy atom. The Morgan fingerprint density at radius 3 is 2.48 bits per heavy atom. The molecule has 1 aliphatic heterocycles. The van der Waals surface area contributed by atoms with Crippen LogP contribution in [-0.2, 0) is 11.3 Å². The zero-order valence-corrected chi connectivity index (χ0v) is 18.6. The van der Waals surface area contributed by atoms with E-state index in [9.17, 15) is 4.79 Å². The summed E-state index contributed by atoms with van der Waals surface area (Å²) in [6, 6.07) is 23.0. The first-order chi connectivity index (χ1) is 16.1. The minimum Gasteiger partial charge on any atom is -0.483 e. The monoisotopic (exact) mass is 462 g/mol. The predicted octanol–water partition coefficient (Wildman–Crippen LogP) is 4.69. The predicted molar refractivity (Wildman–Crippen MR) is 131 cm³/mol. The highest BCUT2D eigenvalue weighted by Gasteiger charge is 2.15. The lowest BCUT2D eigenvalue weighted by molar-refractivity contribution is -0.122. The first-order valence-electron chi connectivity index (χ1n) is 10.5. The summed E-state index contributed by atoms with van der Waals surface area (Å²) < 4.78 is 1.60. The Morgan fingerprint density at radius 1 is 1.03 bits per heavy atom. The molecule has 1 aliphatic rings. The van der Waals surface area contributed by atoms with Crippen molar-refractivity contribution in [3.63, 3.8) is 0 Å². The molecule has 7 nitrogen and oxygen atoms in total. The Balaban J connectivity index is 0.000000821. The van der Waals surface area contributed by atoms with E-state index in [1.54, 1.807) is 22.8 Å². The number of aromatic nitrogens is 2. The summed E-state index contributed by atoms with van der Waals surface area (Å²) in [4.78, 5) is 28.9. The van der Waals surface area contributed by atoms with Crippen LogP contribution in [0, 0.1) is 0 Å². The fourth-order valence-corrected chi connectivity index (χ4v) is 3.90. The lowest BCUT2D eigenvalue weighted by Gasteiger charge is -2.30. The van der Waals surface area contributed by atoms with Gasteiger partial charge in [-0.15, -0.1) is 0 Å². The fraction of sp³-hybridized carbons (Fsp3) is 0.160. The highest BCUT2D eigenvalue weighted by atomic mass is 35.5. The van der Waals surface area contributed by atoms with Gasteiger partial charge in [0.15, 0.2) is 0 Å². The van der Waals surface area contributed by atoms with Gasteiger partial charge in [0.05, 0.1) is 16.6 Å². The van der Waals surface area contributed by atoms with Gasteiger partial charge >= 0.3 is 0 Å². The van der Waals surface area contributed by atoms with Crippen molar-refractivity contribution >= 4 is 40.6 Å². The van der Waals surface area contributed by atoms with Gasteiger partial charge in [-0.3, -0.25) is 14.5 Å². The van der Waals surface area contributed by atoms with Gasteiger partial charge < -0.3 is 10.4 Å². The number of nitrogens with one attached hydrogen (secondary N) is 1. The number of carbonyl (C=O) groups is 1. The van der Waals surface area contributed by atoms with Gasteiger partial charge in [0.1, 0.15) is 0 Å². The molecule has 0 spiro atoms. The zero-order chi connectivity index (χ0) is 23.2. The van der Waals surface area contributed by atoms with Crippen LogP contribution in [0.2, 0.25) is 5.02 Å². The van der Waals surface area contributed by atoms with E-state index in [1.165, 1.54) is 12.0 Å². The molecule has 33 heavy (non-hydrogen) atoms. The number of para-hydroxylation sites is 1. The normalized spacial score (nSPS) is 13.0. The summed E-state index contributed by atoms with van der Waals surface area (Å²) in [5.74, 6) is 0.474. The van der Waals surface area contributed by atoms with Crippen molar-refractivity contribution in [2.45, 2.75) is 13.0 Å². The molecular weight excluding hydrogens is 440 g/mol. The van der Waals surface area contributed by atoms with E-state index in [0.29, 0.717) is 21.9 Å². The van der Waals surface area contributed by atoms with E-state index in [2.05, 4.69) is 22.3 Å². The SMILES string of the molecule is O=CO.O=c1c2cc(Cl)ccc2nc(Nc2cccc(CN3CCC3)c2)n1-c1ccccc1. The summed E-state index contributed by atoms with van der Waals surface area (Å²) in [5.41, 5.74) is 3.33. The largest absolute Gasteiger partial charge is 0.483 e. The van der Waals surface area contributed by atoms with Crippen LogP contribution < -0.4 is 10.9 Å². The first kappa shape index (κ1) is 22.5. The second-order valence-corrected chi connectivity index (χ2v) is 8.07. The highest BCUT2D eigenvalue weighted by molar-refractivity contribution is 6.31. The molecule has 0 unspecified atom stereocenters. The Hall–Kier alpha value is -3.68. The Labute approximate surface area is 195 Å². The minimum atomic E-state index is -0.250. The van der Waals surface area contributed by atoms with Crippen LogP contribution in [0.15, 0.2) is 77.6 Å². The number of hydrogen-bond acceptors (Lipinski definition) is 5. The second-order valence-electron chi connectivity index (χ2n) is 7.63. The van der Waals surface area contributed by atoms with Gasteiger partial charge in [-0.25, -0.2) is 9.55 Å². The van der Waals surface area contributed by atoms with E-state index in [-0.39, 0.29) is 12.0 Å². The number of halogens is 1. The number of hydrogen-bond donors (Lipinski definition) is 2. The summed E-state index contributed by atoms with van der Waals surface area (Å²) in [7, 11) is 0. The lowest BCUT2D eigenvalue weighted by Crippen LogP contribution is -2.36. The summed E-state index contributed by atoms with van der Waals surface area (Å²) >= 11 is 6.14. The average molecular weight is 463 g/mol. The Bertz CT molecular complexity index is 1320. The number of carboxylic acid groups (broad SMARTS) is 1. The molecule has 0 saturated carbocycles. The molecule has 0 radical (unpaired) electrons. The number of likely N-dealkylation sites (tertiary alicyclic amines) is 1. The molecule has 2 N–H and O–H groups in total. The van der Waals surface area contributed by atoms with E-state index in [4.69, 9.17) is 26.5 Å². The van der Waals surface area contributed by atoms with Gasteiger partial charge in [0.2, 0.25) is 5.95 Å². The molecule has 0 atom stereocenters. The molecule has 168 valence electrons. The molecule has 8 heteroatoms. The third kappa shape index (κ3) is 5.22. The number of benzene rings is 3. The van der Waals surface area contributed by atoms with Crippen LogP contribution >= 0.6 is 11.6 Å². The van der Waals surface area contributed by atoms with E-state index in [0.717, 1.165) is 31.0 Å². The standard InChI is InChI=1S/C24H21ClN4O.CH2O2/c25-18-10-11-22-21(15-18)23(30)29(20-8-2-1-3-9-20)24(27-22)26-19-7-4-6-17(14-19)16-28-12-5-13-28;2-1-3/h1-4,6-11,14-15H,5,12-13,16H2,(H,26,27);1H,(H,2,3). The van der Waals surface area contributed by atoms with Gasteiger partial charge in [0, 0.05) is 17.3 Å². The van der Waals surface area contributed by atoms with E-state index >= 15 is 0 Å². The number of rotatable bonds is 5. The van der Waals surface area contributed by atoms with Gasteiger partial charge in [-0.1, -0.05) is 41.9 Å². The summed E-state index contributed by atoms with van der Waals surface area (Å²) in [6.07, 6.45) is 1.27. The third-order valence-electron chi connectivity index (χ3n) is 5.38. The zero-order valence-electron chi connectivity index (χ0n) is 17.8. The van der Waals surface area contributed by atoms with Crippen LogP contribution in [0.5, 0.6) is 0 Å². The van der Waals surface area contributed by atoms with Crippen molar-refractivity contribution in [1.29, 1.82) is 0 Å². The summed E-state index contributed by atoms with van der Waals surface area (Å²) in [5, 5.41) is 11.3. The smallest absolute Gasteiger partial charge is 0.290 e. The Kier molecular flexibility index (Phi) is 7.02. The maximum absolute atomic E-state index is 13.4. The topological polar surface area (TPSA) is 87.5 Å². The van der Waals surface area contributed by atoms with E-state index in [1.807, 2.05) is 42.5 Å². The third-order valence-corrected chi connectivity index (χ3v) is 5.62. The molecule has 1 aromatic heterocycles.